The fourth-order valence-electron chi connectivity index (χ4n) is 3.22. The molecule has 0 N–H and O–H groups in total. The van der Waals surface area contributed by atoms with Gasteiger partial charge in [0.25, 0.3) is 0 Å². The topological polar surface area (TPSA) is 20.3 Å². The Labute approximate surface area is 99.4 Å². The van der Waals surface area contributed by atoms with Crippen LogP contribution in [-0.2, 0) is 4.79 Å². The molecular formula is C14H25NO. The highest BCUT2D eigenvalue weighted by molar-refractivity contribution is 5.76. The largest absolute Gasteiger partial charge is 0.340 e. The second-order valence-corrected chi connectivity index (χ2v) is 5.64. The molecule has 1 atom stereocenters. The van der Waals surface area contributed by atoms with Crippen LogP contribution >= 0.6 is 0 Å². The van der Waals surface area contributed by atoms with Crippen LogP contribution in [0.1, 0.15) is 64.7 Å². The number of carbonyl (C=O) groups is 1. The fourth-order valence-corrected chi connectivity index (χ4v) is 3.22. The molecule has 16 heavy (non-hydrogen) atoms. The highest BCUT2D eigenvalue weighted by atomic mass is 16.2. The van der Waals surface area contributed by atoms with E-state index in [0.29, 0.717) is 17.9 Å². The Balaban J connectivity index is 1.81. The van der Waals surface area contributed by atoms with Gasteiger partial charge in [0.2, 0.25) is 5.91 Å². The molecular weight excluding hydrogens is 198 g/mol. The Morgan fingerprint density at radius 2 is 1.75 bits per heavy atom. The minimum atomic E-state index is 0.430. The van der Waals surface area contributed by atoms with Gasteiger partial charge in [0.15, 0.2) is 0 Å². The molecule has 2 rings (SSSR count). The molecule has 1 heterocycles. The lowest BCUT2D eigenvalue weighted by Gasteiger charge is -2.35. The molecule has 2 heteroatoms. The predicted molar refractivity (Wildman–Crippen MR) is 66.2 cm³/mol. The zero-order chi connectivity index (χ0) is 11.4. The molecule has 0 aromatic rings. The SMILES string of the molecule is C[C@H]1CCCCN1C(=O)CC1CCCCC1. The number of rotatable bonds is 2. The van der Waals surface area contributed by atoms with E-state index in [2.05, 4.69) is 11.8 Å². The third-order valence-electron chi connectivity index (χ3n) is 4.31. The first-order valence-electron chi connectivity index (χ1n) is 7.07. The second kappa shape index (κ2) is 5.70. The van der Waals surface area contributed by atoms with Crippen LogP contribution in [0.25, 0.3) is 0 Å². The van der Waals surface area contributed by atoms with Gasteiger partial charge in [-0.15, -0.1) is 0 Å². The van der Waals surface area contributed by atoms with Crippen LogP contribution in [0, 0.1) is 5.92 Å². The molecule has 1 saturated heterocycles. The highest BCUT2D eigenvalue weighted by Gasteiger charge is 2.25. The van der Waals surface area contributed by atoms with Gasteiger partial charge in [0.1, 0.15) is 0 Å². The van der Waals surface area contributed by atoms with E-state index in [0.717, 1.165) is 13.0 Å². The maximum atomic E-state index is 12.2. The van der Waals surface area contributed by atoms with Crippen LogP contribution in [0.5, 0.6) is 0 Å². The van der Waals surface area contributed by atoms with Crippen molar-refractivity contribution in [1.29, 1.82) is 0 Å². The van der Waals surface area contributed by atoms with Crippen LogP contribution in [0.4, 0.5) is 0 Å². The van der Waals surface area contributed by atoms with Gasteiger partial charge in [-0.1, -0.05) is 19.3 Å². The molecule has 1 amide bonds. The van der Waals surface area contributed by atoms with Gasteiger partial charge in [-0.25, -0.2) is 0 Å². The number of hydrogen-bond donors (Lipinski definition) is 0. The first-order chi connectivity index (χ1) is 7.77. The summed E-state index contributed by atoms with van der Waals surface area (Å²) >= 11 is 0. The molecule has 0 aromatic heterocycles. The summed E-state index contributed by atoms with van der Waals surface area (Å²) in [6.07, 6.45) is 11.2. The van der Waals surface area contributed by atoms with Gasteiger partial charge in [-0.05, 0) is 44.9 Å². The molecule has 0 unspecified atom stereocenters. The normalized spacial score (nSPS) is 28.1. The molecule has 2 aliphatic rings. The van der Waals surface area contributed by atoms with Crippen molar-refractivity contribution >= 4 is 5.91 Å². The maximum absolute atomic E-state index is 12.2. The molecule has 1 saturated carbocycles. The number of piperidine rings is 1. The average Bonchev–Trinajstić information content (AvgIpc) is 2.31. The van der Waals surface area contributed by atoms with Gasteiger partial charge in [-0.3, -0.25) is 4.79 Å². The van der Waals surface area contributed by atoms with E-state index in [1.54, 1.807) is 0 Å². The second-order valence-electron chi connectivity index (χ2n) is 5.64. The van der Waals surface area contributed by atoms with Crippen LogP contribution in [-0.4, -0.2) is 23.4 Å². The molecule has 1 aliphatic heterocycles. The summed E-state index contributed by atoms with van der Waals surface area (Å²) < 4.78 is 0. The Morgan fingerprint density at radius 3 is 2.44 bits per heavy atom. The van der Waals surface area contributed by atoms with Crippen LogP contribution < -0.4 is 0 Å². The van der Waals surface area contributed by atoms with Crippen LogP contribution in [0.3, 0.4) is 0 Å². The summed E-state index contributed by atoms with van der Waals surface area (Å²) in [5, 5.41) is 0. The standard InChI is InChI=1S/C14H25NO/c1-12-7-5-6-10-15(12)14(16)11-13-8-3-2-4-9-13/h12-13H,2-11H2,1H3/t12-/m0/s1. The number of hydrogen-bond acceptors (Lipinski definition) is 1. The third kappa shape index (κ3) is 2.99. The molecule has 2 nitrogen and oxygen atoms in total. The first kappa shape index (κ1) is 11.9. The molecule has 0 spiro atoms. The number of amides is 1. The summed E-state index contributed by atoms with van der Waals surface area (Å²) in [6.45, 7) is 3.21. The van der Waals surface area contributed by atoms with Crippen molar-refractivity contribution in [3.63, 3.8) is 0 Å². The van der Waals surface area contributed by atoms with Crippen molar-refractivity contribution in [2.24, 2.45) is 5.92 Å². The zero-order valence-electron chi connectivity index (χ0n) is 10.6. The Bertz CT molecular complexity index is 233. The lowest BCUT2D eigenvalue weighted by Crippen LogP contribution is -2.42. The minimum Gasteiger partial charge on any atom is -0.340 e. The number of carbonyl (C=O) groups excluding carboxylic acids is 1. The van der Waals surface area contributed by atoms with Crippen LogP contribution in [0.2, 0.25) is 0 Å². The molecule has 2 fully saturated rings. The Kier molecular flexibility index (Phi) is 4.25. The fraction of sp³-hybridized carbons (Fsp3) is 0.929. The van der Waals surface area contributed by atoms with Crippen molar-refractivity contribution in [2.75, 3.05) is 6.54 Å². The number of likely N-dealkylation sites (tertiary alicyclic amines) is 1. The van der Waals surface area contributed by atoms with Gasteiger partial charge < -0.3 is 4.90 Å². The molecule has 1 aliphatic carbocycles. The molecule has 0 bridgehead atoms. The van der Waals surface area contributed by atoms with E-state index >= 15 is 0 Å². The average molecular weight is 223 g/mol. The van der Waals surface area contributed by atoms with E-state index < -0.39 is 0 Å². The monoisotopic (exact) mass is 223 g/mol. The van der Waals surface area contributed by atoms with Gasteiger partial charge in [0, 0.05) is 19.0 Å². The maximum Gasteiger partial charge on any atom is 0.223 e. The number of nitrogens with zero attached hydrogens (tertiary/aromatic N) is 1. The van der Waals surface area contributed by atoms with Crippen molar-refractivity contribution < 1.29 is 4.79 Å². The smallest absolute Gasteiger partial charge is 0.223 e. The molecule has 0 radical (unpaired) electrons. The summed E-state index contributed by atoms with van der Waals surface area (Å²) in [5.74, 6) is 1.12. The summed E-state index contributed by atoms with van der Waals surface area (Å²) in [7, 11) is 0. The quantitative estimate of drug-likeness (QED) is 0.703. The van der Waals surface area contributed by atoms with Gasteiger partial charge >= 0.3 is 0 Å². The van der Waals surface area contributed by atoms with Crippen molar-refractivity contribution in [3.05, 3.63) is 0 Å². The van der Waals surface area contributed by atoms with E-state index in [-0.39, 0.29) is 0 Å². The third-order valence-corrected chi connectivity index (χ3v) is 4.31. The molecule has 92 valence electrons. The van der Waals surface area contributed by atoms with Crippen molar-refractivity contribution in [1.82, 2.24) is 4.90 Å². The zero-order valence-corrected chi connectivity index (χ0v) is 10.6. The van der Waals surface area contributed by atoms with Crippen molar-refractivity contribution in [2.45, 2.75) is 70.8 Å². The van der Waals surface area contributed by atoms with Gasteiger partial charge in [0.05, 0.1) is 0 Å². The van der Waals surface area contributed by atoms with Crippen molar-refractivity contribution in [3.8, 4) is 0 Å². The van der Waals surface area contributed by atoms with E-state index in [9.17, 15) is 4.79 Å². The van der Waals surface area contributed by atoms with E-state index in [1.165, 1.54) is 51.4 Å². The minimum absolute atomic E-state index is 0.430. The lowest BCUT2D eigenvalue weighted by molar-refractivity contribution is -0.135. The van der Waals surface area contributed by atoms with E-state index in [1.807, 2.05) is 0 Å². The van der Waals surface area contributed by atoms with Crippen LogP contribution in [0.15, 0.2) is 0 Å². The Morgan fingerprint density at radius 1 is 1.06 bits per heavy atom. The lowest BCUT2D eigenvalue weighted by atomic mass is 9.86. The van der Waals surface area contributed by atoms with Gasteiger partial charge in [-0.2, -0.15) is 0 Å². The van der Waals surface area contributed by atoms with E-state index in [4.69, 9.17) is 0 Å². The Hall–Kier alpha value is -0.530. The summed E-state index contributed by atoms with van der Waals surface area (Å²) in [6, 6.07) is 0.491. The summed E-state index contributed by atoms with van der Waals surface area (Å²) in [5.41, 5.74) is 0. The molecule has 0 aromatic carbocycles. The summed E-state index contributed by atoms with van der Waals surface area (Å²) in [4.78, 5) is 14.3. The highest BCUT2D eigenvalue weighted by Crippen LogP contribution is 2.28. The first-order valence-corrected chi connectivity index (χ1v) is 7.07. The predicted octanol–water partition coefficient (Wildman–Crippen LogP) is 3.36.